The Balaban J connectivity index is 2.54. The summed E-state index contributed by atoms with van der Waals surface area (Å²) < 4.78 is 29.8. The van der Waals surface area contributed by atoms with E-state index in [1.807, 2.05) is 13.0 Å². The number of halogens is 1. The Morgan fingerprint density at radius 1 is 1.30 bits per heavy atom. The van der Waals surface area contributed by atoms with E-state index in [4.69, 9.17) is 19.9 Å². The molecule has 0 aromatic heterocycles. The van der Waals surface area contributed by atoms with Crippen molar-refractivity contribution < 1.29 is 18.6 Å². The van der Waals surface area contributed by atoms with Gasteiger partial charge in [0.05, 0.1) is 6.61 Å². The van der Waals surface area contributed by atoms with E-state index >= 15 is 0 Å². The van der Waals surface area contributed by atoms with Crippen molar-refractivity contribution in [2.45, 2.75) is 26.1 Å². The minimum atomic E-state index is -0.517. The SMILES string of the molecule is CCOC(OC)c1ccc(CCCOCCN)c(F)c1. The summed E-state index contributed by atoms with van der Waals surface area (Å²) >= 11 is 0. The van der Waals surface area contributed by atoms with Crippen LogP contribution in [0.25, 0.3) is 0 Å². The molecular weight excluding hydrogens is 261 g/mol. The summed E-state index contributed by atoms with van der Waals surface area (Å²) in [6, 6.07) is 5.08. The number of benzene rings is 1. The van der Waals surface area contributed by atoms with Gasteiger partial charge in [-0.05, 0) is 31.4 Å². The van der Waals surface area contributed by atoms with E-state index in [-0.39, 0.29) is 5.82 Å². The Morgan fingerprint density at radius 3 is 2.70 bits per heavy atom. The van der Waals surface area contributed by atoms with Crippen LogP contribution in [0.4, 0.5) is 4.39 Å². The molecule has 0 bridgehead atoms. The maximum absolute atomic E-state index is 14.0. The molecule has 0 radical (unpaired) electrons. The van der Waals surface area contributed by atoms with E-state index in [0.717, 1.165) is 6.42 Å². The smallest absolute Gasteiger partial charge is 0.183 e. The van der Waals surface area contributed by atoms with Crippen molar-refractivity contribution in [3.05, 3.63) is 35.1 Å². The highest BCUT2D eigenvalue weighted by Crippen LogP contribution is 2.21. The molecule has 0 fully saturated rings. The van der Waals surface area contributed by atoms with Crippen molar-refractivity contribution in [1.29, 1.82) is 0 Å². The molecule has 0 saturated heterocycles. The van der Waals surface area contributed by atoms with Crippen molar-refractivity contribution >= 4 is 0 Å². The molecule has 1 aromatic rings. The Kier molecular flexibility index (Phi) is 8.37. The summed E-state index contributed by atoms with van der Waals surface area (Å²) in [5, 5.41) is 0. The van der Waals surface area contributed by atoms with Crippen molar-refractivity contribution in [1.82, 2.24) is 0 Å². The summed E-state index contributed by atoms with van der Waals surface area (Å²) in [5.74, 6) is -0.233. The molecule has 1 atom stereocenters. The molecule has 4 nitrogen and oxygen atoms in total. The van der Waals surface area contributed by atoms with Crippen molar-refractivity contribution in [3.63, 3.8) is 0 Å². The Morgan fingerprint density at radius 2 is 2.10 bits per heavy atom. The molecule has 0 saturated carbocycles. The Bertz CT molecular complexity index is 387. The molecule has 1 aromatic carbocycles. The lowest BCUT2D eigenvalue weighted by atomic mass is 10.1. The van der Waals surface area contributed by atoms with Gasteiger partial charge in [-0.15, -0.1) is 0 Å². The van der Waals surface area contributed by atoms with Crippen LogP contribution >= 0.6 is 0 Å². The summed E-state index contributed by atoms with van der Waals surface area (Å²) in [5.41, 5.74) is 6.69. The van der Waals surface area contributed by atoms with Crippen LogP contribution < -0.4 is 5.73 Å². The van der Waals surface area contributed by atoms with Crippen LogP contribution in [0.5, 0.6) is 0 Å². The minimum Gasteiger partial charge on any atom is -0.380 e. The molecule has 1 unspecified atom stereocenters. The summed E-state index contributed by atoms with van der Waals surface area (Å²) in [4.78, 5) is 0. The van der Waals surface area contributed by atoms with E-state index < -0.39 is 6.29 Å². The molecule has 20 heavy (non-hydrogen) atoms. The highest BCUT2D eigenvalue weighted by molar-refractivity contribution is 5.25. The van der Waals surface area contributed by atoms with Gasteiger partial charge in [-0.1, -0.05) is 12.1 Å². The second-order valence-corrected chi connectivity index (χ2v) is 4.38. The van der Waals surface area contributed by atoms with Gasteiger partial charge in [-0.25, -0.2) is 4.39 Å². The monoisotopic (exact) mass is 285 g/mol. The van der Waals surface area contributed by atoms with Crippen LogP contribution in [0.1, 0.15) is 30.8 Å². The van der Waals surface area contributed by atoms with Gasteiger partial charge in [-0.3, -0.25) is 0 Å². The van der Waals surface area contributed by atoms with Crippen LogP contribution in [-0.2, 0) is 20.6 Å². The lowest BCUT2D eigenvalue weighted by Gasteiger charge is -2.16. The largest absolute Gasteiger partial charge is 0.380 e. The minimum absolute atomic E-state index is 0.233. The molecular formula is C15H24FNO3. The van der Waals surface area contributed by atoms with Crippen LogP contribution in [0.15, 0.2) is 18.2 Å². The highest BCUT2D eigenvalue weighted by Gasteiger charge is 2.12. The number of rotatable bonds is 10. The van der Waals surface area contributed by atoms with E-state index in [1.165, 1.54) is 6.07 Å². The normalized spacial score (nSPS) is 12.6. The third-order valence-electron chi connectivity index (χ3n) is 2.88. The fourth-order valence-corrected chi connectivity index (χ4v) is 1.91. The molecule has 2 N–H and O–H groups in total. The number of aryl methyl sites for hydroxylation is 1. The first-order chi connectivity index (χ1) is 9.72. The summed E-state index contributed by atoms with van der Waals surface area (Å²) in [6.07, 6.45) is 0.898. The fraction of sp³-hybridized carbons (Fsp3) is 0.600. The molecule has 0 heterocycles. The second-order valence-electron chi connectivity index (χ2n) is 4.38. The van der Waals surface area contributed by atoms with Gasteiger partial charge in [0.1, 0.15) is 5.82 Å². The molecule has 0 aliphatic carbocycles. The molecule has 1 rings (SSSR count). The Labute approximate surface area is 120 Å². The van der Waals surface area contributed by atoms with E-state index in [1.54, 1.807) is 13.2 Å². The first-order valence-corrected chi connectivity index (χ1v) is 6.93. The highest BCUT2D eigenvalue weighted by atomic mass is 19.1. The maximum Gasteiger partial charge on any atom is 0.183 e. The quantitative estimate of drug-likeness (QED) is 0.530. The maximum atomic E-state index is 14.0. The number of methoxy groups -OCH3 is 1. The fourth-order valence-electron chi connectivity index (χ4n) is 1.91. The second kappa shape index (κ2) is 9.83. The molecule has 0 spiro atoms. The zero-order chi connectivity index (χ0) is 14.8. The van der Waals surface area contributed by atoms with Gasteiger partial charge in [-0.2, -0.15) is 0 Å². The molecule has 5 heteroatoms. The van der Waals surface area contributed by atoms with Crippen molar-refractivity contribution in [2.75, 3.05) is 33.5 Å². The number of hydrogen-bond donors (Lipinski definition) is 1. The van der Waals surface area contributed by atoms with E-state index in [0.29, 0.717) is 43.9 Å². The zero-order valence-corrected chi connectivity index (χ0v) is 12.2. The van der Waals surface area contributed by atoms with Crippen LogP contribution in [0.2, 0.25) is 0 Å². The van der Waals surface area contributed by atoms with Crippen LogP contribution in [0.3, 0.4) is 0 Å². The Hall–Kier alpha value is -1.01. The zero-order valence-electron chi connectivity index (χ0n) is 12.2. The van der Waals surface area contributed by atoms with Crippen molar-refractivity contribution in [2.24, 2.45) is 5.73 Å². The predicted octanol–water partition coefficient (Wildman–Crippen LogP) is 2.42. The average molecular weight is 285 g/mol. The van der Waals surface area contributed by atoms with E-state index in [9.17, 15) is 4.39 Å². The third-order valence-corrected chi connectivity index (χ3v) is 2.88. The standard InChI is InChI=1S/C15H24FNO3/c1-3-20-15(18-2)13-7-6-12(14(16)11-13)5-4-9-19-10-8-17/h6-7,11,15H,3-5,8-10,17H2,1-2H3. The molecule has 0 aliphatic rings. The van der Waals surface area contributed by atoms with Crippen molar-refractivity contribution in [3.8, 4) is 0 Å². The first kappa shape index (κ1) is 17.0. The lowest BCUT2D eigenvalue weighted by Crippen LogP contribution is -2.10. The first-order valence-electron chi connectivity index (χ1n) is 6.93. The average Bonchev–Trinajstić information content (AvgIpc) is 2.46. The molecule has 114 valence electrons. The van der Waals surface area contributed by atoms with Gasteiger partial charge in [0.2, 0.25) is 0 Å². The van der Waals surface area contributed by atoms with Crippen LogP contribution in [-0.4, -0.2) is 33.5 Å². The van der Waals surface area contributed by atoms with Gasteiger partial charge < -0.3 is 19.9 Å². The lowest BCUT2D eigenvalue weighted by molar-refractivity contribution is -0.124. The van der Waals surface area contributed by atoms with Gasteiger partial charge in [0.15, 0.2) is 6.29 Å². The summed E-state index contributed by atoms with van der Waals surface area (Å²) in [6.45, 7) is 4.04. The molecule has 0 aliphatic heterocycles. The topological polar surface area (TPSA) is 53.7 Å². The van der Waals surface area contributed by atoms with Gasteiger partial charge in [0, 0.05) is 32.4 Å². The number of nitrogens with two attached hydrogens (primary N) is 1. The van der Waals surface area contributed by atoms with Gasteiger partial charge in [0.25, 0.3) is 0 Å². The van der Waals surface area contributed by atoms with E-state index in [2.05, 4.69) is 0 Å². The number of ether oxygens (including phenoxy) is 3. The number of hydrogen-bond acceptors (Lipinski definition) is 4. The predicted molar refractivity (Wildman–Crippen MR) is 76.0 cm³/mol. The molecule has 0 amide bonds. The summed E-state index contributed by atoms with van der Waals surface area (Å²) in [7, 11) is 1.54. The van der Waals surface area contributed by atoms with Gasteiger partial charge >= 0.3 is 0 Å². The third kappa shape index (κ3) is 5.54. The van der Waals surface area contributed by atoms with Crippen LogP contribution in [0, 0.1) is 5.82 Å².